The molecule has 0 bridgehead atoms. The molecule has 76 valence electrons. The van der Waals surface area contributed by atoms with Crippen LogP contribution in [0.3, 0.4) is 0 Å². The topological polar surface area (TPSA) is 110 Å². The Morgan fingerprint density at radius 1 is 0.857 bits per heavy atom. The summed E-state index contributed by atoms with van der Waals surface area (Å²) in [6, 6.07) is 0. The first kappa shape index (κ1) is 31.1. The van der Waals surface area contributed by atoms with E-state index >= 15 is 0 Å². The first-order valence-electron chi connectivity index (χ1n) is 1.64. The summed E-state index contributed by atoms with van der Waals surface area (Å²) in [7, 11) is 0. The third kappa shape index (κ3) is 25.4. The predicted octanol–water partition coefficient (Wildman–Crippen LogP) is -4.25. The summed E-state index contributed by atoms with van der Waals surface area (Å²) in [4.78, 5) is 9.91. The van der Waals surface area contributed by atoms with E-state index in [9.17, 15) is 13.2 Å². The van der Waals surface area contributed by atoms with Crippen LogP contribution in [0, 0.1) is 0 Å². The van der Waals surface area contributed by atoms with Crippen LogP contribution in [0.15, 0.2) is 0 Å². The number of rotatable bonds is 2. The van der Waals surface area contributed by atoms with Gasteiger partial charge in [-0.15, -0.1) is 0 Å². The van der Waals surface area contributed by atoms with Gasteiger partial charge in [-0.05, 0) is 0 Å². The van der Waals surface area contributed by atoms with Gasteiger partial charge in [0, 0.05) is 0 Å². The van der Waals surface area contributed by atoms with E-state index in [0.29, 0.717) is 0 Å². The Morgan fingerprint density at radius 3 is 1.21 bits per heavy atom. The SMILES string of the molecule is O=C(OS(=O)O)OS(=O)O.[CaH2].[CaH2].[CaH2].[CaH2]. The van der Waals surface area contributed by atoms with E-state index in [4.69, 9.17) is 9.11 Å². The summed E-state index contributed by atoms with van der Waals surface area (Å²) < 4.78 is 41.6. The van der Waals surface area contributed by atoms with Crippen molar-refractivity contribution >= 4 is 180 Å². The molecule has 2 atom stereocenters. The van der Waals surface area contributed by atoms with Gasteiger partial charge in [0.1, 0.15) is 0 Å². The quantitative estimate of drug-likeness (QED) is 0.380. The average Bonchev–Trinajstić information content (AvgIpc) is 1.58. The molecule has 13 heteroatoms. The van der Waals surface area contributed by atoms with Gasteiger partial charge in [-0.2, -0.15) is 8.42 Å². The number of hydrogen-bond acceptors (Lipinski definition) is 5. The van der Waals surface area contributed by atoms with Gasteiger partial charge in [0.15, 0.2) is 0 Å². The molecule has 0 aromatic heterocycles. The molecule has 0 aromatic carbocycles. The van der Waals surface area contributed by atoms with Crippen molar-refractivity contribution in [3.63, 3.8) is 0 Å². The Bertz CT molecular complexity index is 167. The molecule has 0 radical (unpaired) electrons. The van der Waals surface area contributed by atoms with E-state index in [0.717, 1.165) is 0 Å². The Kier molecular flexibility index (Phi) is 44.1. The standard InChI is InChI=1S/CH2O7S2.4Ca.8H/c2-1(7-9(3)4)8-10(5)6;;;;;;;;;;;;/h(H,3,4)(H,5,6);;;;;;;;;;;;. The molecule has 0 spiro atoms. The van der Waals surface area contributed by atoms with Gasteiger partial charge in [0.05, 0.1) is 0 Å². The minimum atomic E-state index is -2.83. The molecule has 2 N–H and O–H groups in total. The Hall–Kier alpha value is 4.53. The zero-order valence-electron chi connectivity index (χ0n) is 4.25. The van der Waals surface area contributed by atoms with Crippen LogP contribution in [0.2, 0.25) is 0 Å². The van der Waals surface area contributed by atoms with Gasteiger partial charge in [0.2, 0.25) is 0 Å². The maximum atomic E-state index is 9.91. The molecule has 0 rings (SSSR count). The summed E-state index contributed by atoms with van der Waals surface area (Å²) >= 11 is -5.66. The van der Waals surface area contributed by atoms with Crippen LogP contribution in [-0.4, -0.2) is 175 Å². The van der Waals surface area contributed by atoms with E-state index in [1.165, 1.54) is 0 Å². The molecule has 14 heavy (non-hydrogen) atoms. The molecule has 0 amide bonds. The molecule has 0 aliphatic rings. The van der Waals surface area contributed by atoms with Gasteiger partial charge >= 0.3 is 180 Å². The van der Waals surface area contributed by atoms with Crippen LogP contribution in [-0.2, 0) is 31.1 Å². The number of carbonyl (C=O) groups excluding carboxylic acids is 1. The van der Waals surface area contributed by atoms with Crippen LogP contribution in [0.5, 0.6) is 0 Å². The summed E-state index contributed by atoms with van der Waals surface area (Å²) in [5, 5.41) is 0. The van der Waals surface area contributed by atoms with Crippen LogP contribution < -0.4 is 0 Å². The molecule has 0 aliphatic carbocycles. The Balaban J connectivity index is -0.0000000675. The number of hydrogen-bond donors (Lipinski definition) is 2. The predicted molar refractivity (Wildman–Crippen MR) is 63.3 cm³/mol. The molecule has 0 fully saturated rings. The van der Waals surface area contributed by atoms with Crippen LogP contribution >= 0.6 is 0 Å². The molecule has 7 nitrogen and oxygen atoms in total. The molecule has 0 aromatic rings. The first-order chi connectivity index (χ1) is 4.52. The summed E-state index contributed by atoms with van der Waals surface area (Å²) in [5.41, 5.74) is 0. The van der Waals surface area contributed by atoms with Crippen molar-refractivity contribution in [3.05, 3.63) is 0 Å². The van der Waals surface area contributed by atoms with E-state index in [1.54, 1.807) is 0 Å². The second-order valence-corrected chi connectivity index (χ2v) is 2.05. The summed E-state index contributed by atoms with van der Waals surface area (Å²) in [6.07, 6.45) is -1.69. The van der Waals surface area contributed by atoms with Gasteiger partial charge in [-0.1, -0.05) is 0 Å². The van der Waals surface area contributed by atoms with Crippen LogP contribution in [0.25, 0.3) is 0 Å². The van der Waals surface area contributed by atoms with Crippen molar-refractivity contribution in [2.75, 3.05) is 0 Å². The Labute approximate surface area is 205 Å². The molecule has 2 unspecified atom stereocenters. The maximum absolute atomic E-state index is 9.91. The normalized spacial score (nSPS) is 11.0. The third-order valence-electron chi connectivity index (χ3n) is 0.279. The fraction of sp³-hybridized carbons (Fsp3) is 0. The fourth-order valence-electron chi connectivity index (χ4n) is 0.130. The molecular weight excluding hydrogens is 348 g/mol. The van der Waals surface area contributed by atoms with Crippen LogP contribution in [0.4, 0.5) is 4.79 Å². The van der Waals surface area contributed by atoms with Crippen molar-refractivity contribution in [2.45, 2.75) is 0 Å². The van der Waals surface area contributed by atoms with E-state index in [-0.39, 0.29) is 151 Å². The molecule has 0 heterocycles. The molecule has 0 saturated carbocycles. The zero-order valence-corrected chi connectivity index (χ0v) is 5.89. The number of carbonyl (C=O) groups is 1. The van der Waals surface area contributed by atoms with Gasteiger partial charge in [-0.3, -0.25) is 9.11 Å². The molecule has 0 saturated heterocycles. The van der Waals surface area contributed by atoms with Crippen molar-refractivity contribution < 1.29 is 30.7 Å². The van der Waals surface area contributed by atoms with Crippen molar-refractivity contribution in [3.8, 4) is 0 Å². The fourth-order valence-corrected chi connectivity index (χ4v) is 0.474. The van der Waals surface area contributed by atoms with Gasteiger partial charge < -0.3 is 8.37 Å². The van der Waals surface area contributed by atoms with Gasteiger partial charge in [-0.25, -0.2) is 4.79 Å². The second kappa shape index (κ2) is 19.9. The van der Waals surface area contributed by atoms with E-state index < -0.39 is 28.9 Å². The first-order valence-corrected chi connectivity index (χ1v) is 3.71. The van der Waals surface area contributed by atoms with Crippen molar-refractivity contribution in [1.82, 2.24) is 0 Å². The second-order valence-electron chi connectivity index (χ2n) is 0.851. The van der Waals surface area contributed by atoms with Crippen molar-refractivity contribution in [1.29, 1.82) is 0 Å². The zero-order chi connectivity index (χ0) is 8.15. The van der Waals surface area contributed by atoms with E-state index in [1.807, 2.05) is 0 Å². The monoisotopic (exact) mass is 358 g/mol. The molecule has 0 aliphatic heterocycles. The average molecular weight is 359 g/mol. The van der Waals surface area contributed by atoms with Crippen molar-refractivity contribution in [2.24, 2.45) is 0 Å². The van der Waals surface area contributed by atoms with Gasteiger partial charge in [0.25, 0.3) is 0 Å². The van der Waals surface area contributed by atoms with E-state index in [2.05, 4.69) is 8.37 Å². The van der Waals surface area contributed by atoms with Crippen LogP contribution in [0.1, 0.15) is 0 Å². The molecular formula is CH10Ca4O7S2. The third-order valence-corrected chi connectivity index (χ3v) is 0.836. The Morgan fingerprint density at radius 2 is 1.07 bits per heavy atom. The minimum absolute atomic E-state index is 0. The summed E-state index contributed by atoms with van der Waals surface area (Å²) in [5.74, 6) is 0. The summed E-state index contributed by atoms with van der Waals surface area (Å²) in [6.45, 7) is 0.